The van der Waals surface area contributed by atoms with Crippen LogP contribution in [0.2, 0.25) is 0 Å². The average molecular weight is 414 g/mol. The van der Waals surface area contributed by atoms with Crippen LogP contribution in [0.1, 0.15) is 45.0 Å². The van der Waals surface area contributed by atoms with Crippen molar-refractivity contribution in [1.82, 2.24) is 14.6 Å². The van der Waals surface area contributed by atoms with Gasteiger partial charge in [0.2, 0.25) is 0 Å². The van der Waals surface area contributed by atoms with Gasteiger partial charge in [-0.15, -0.1) is 11.3 Å². The summed E-state index contributed by atoms with van der Waals surface area (Å²) in [5.41, 5.74) is 5.35. The quantitative estimate of drug-likeness (QED) is 0.524. The number of nitriles is 1. The lowest BCUT2D eigenvalue weighted by molar-refractivity contribution is 0.102. The maximum atomic E-state index is 12.9. The van der Waals surface area contributed by atoms with Crippen LogP contribution in [0.25, 0.3) is 16.9 Å². The van der Waals surface area contributed by atoms with Crippen molar-refractivity contribution in [3.05, 3.63) is 69.9 Å². The average Bonchev–Trinajstić information content (AvgIpc) is 3.35. The van der Waals surface area contributed by atoms with Gasteiger partial charge in [-0.3, -0.25) is 4.79 Å². The van der Waals surface area contributed by atoms with Gasteiger partial charge >= 0.3 is 0 Å². The van der Waals surface area contributed by atoms with E-state index in [1.165, 1.54) is 16.2 Å². The van der Waals surface area contributed by atoms with Crippen molar-refractivity contribution in [3.63, 3.8) is 0 Å². The lowest BCUT2D eigenvalue weighted by atomic mass is 9.96. The highest BCUT2D eigenvalue weighted by molar-refractivity contribution is 7.16. The summed E-state index contributed by atoms with van der Waals surface area (Å²) in [7, 11) is 0. The molecule has 0 saturated heterocycles. The fourth-order valence-electron chi connectivity index (χ4n) is 3.93. The Balaban J connectivity index is 1.48. The van der Waals surface area contributed by atoms with E-state index in [1.54, 1.807) is 10.6 Å². The number of rotatable bonds is 3. The van der Waals surface area contributed by atoms with Crippen molar-refractivity contribution >= 4 is 27.9 Å². The standard InChI is InChI=1S/C23H19N5OS/c1-14-11-18(15-7-3-2-4-8-15)25-21-12-19(27-28(14)21)22(29)26-23-17(13-24)16-9-5-6-10-20(16)30-23/h2-4,7-8,11-12H,5-6,9-10H2,1H3,(H,26,29). The summed E-state index contributed by atoms with van der Waals surface area (Å²) in [5.74, 6) is -0.323. The second-order valence-electron chi connectivity index (χ2n) is 7.43. The second-order valence-corrected chi connectivity index (χ2v) is 8.53. The van der Waals surface area contributed by atoms with Gasteiger partial charge in [-0.1, -0.05) is 30.3 Å². The zero-order chi connectivity index (χ0) is 20.7. The SMILES string of the molecule is Cc1cc(-c2ccccc2)nc2cc(C(=O)Nc3sc4c(c3C#N)CCCC4)nn12. The van der Waals surface area contributed by atoms with Crippen LogP contribution in [0, 0.1) is 18.3 Å². The molecule has 1 aliphatic carbocycles. The number of aryl methyl sites for hydroxylation is 2. The van der Waals surface area contributed by atoms with Gasteiger partial charge in [0.15, 0.2) is 11.3 Å². The zero-order valence-corrected chi connectivity index (χ0v) is 17.3. The summed E-state index contributed by atoms with van der Waals surface area (Å²) in [6.45, 7) is 1.94. The third kappa shape index (κ3) is 3.15. The summed E-state index contributed by atoms with van der Waals surface area (Å²) >= 11 is 1.51. The van der Waals surface area contributed by atoms with Crippen molar-refractivity contribution in [1.29, 1.82) is 5.26 Å². The Bertz CT molecular complexity index is 1310. The van der Waals surface area contributed by atoms with Crippen molar-refractivity contribution in [2.45, 2.75) is 32.6 Å². The molecule has 7 heteroatoms. The Labute approximate surface area is 177 Å². The molecule has 4 aromatic rings. The first kappa shape index (κ1) is 18.5. The highest BCUT2D eigenvalue weighted by Crippen LogP contribution is 2.37. The minimum atomic E-state index is -0.323. The van der Waals surface area contributed by atoms with Crippen LogP contribution in [-0.4, -0.2) is 20.5 Å². The van der Waals surface area contributed by atoms with Gasteiger partial charge in [0, 0.05) is 22.2 Å². The molecule has 1 aromatic carbocycles. The van der Waals surface area contributed by atoms with Crippen LogP contribution in [0.15, 0.2) is 42.5 Å². The smallest absolute Gasteiger partial charge is 0.276 e. The molecule has 3 heterocycles. The van der Waals surface area contributed by atoms with E-state index in [0.717, 1.165) is 48.2 Å². The lowest BCUT2D eigenvalue weighted by Crippen LogP contribution is -2.13. The Morgan fingerprint density at radius 3 is 2.80 bits per heavy atom. The summed E-state index contributed by atoms with van der Waals surface area (Å²) in [5, 5.41) is 17.6. The number of carbonyl (C=O) groups excluding carboxylic acids is 1. The predicted octanol–water partition coefficient (Wildman–Crippen LogP) is 4.77. The molecule has 1 amide bonds. The molecular weight excluding hydrogens is 394 g/mol. The van der Waals surface area contributed by atoms with Gasteiger partial charge in [-0.25, -0.2) is 9.50 Å². The second kappa shape index (κ2) is 7.39. The van der Waals surface area contributed by atoms with Crippen molar-refractivity contribution in [2.75, 3.05) is 5.32 Å². The molecule has 1 aliphatic rings. The Hall–Kier alpha value is -3.50. The first-order chi connectivity index (χ1) is 14.6. The van der Waals surface area contributed by atoms with E-state index in [4.69, 9.17) is 0 Å². The molecule has 0 spiro atoms. The fourth-order valence-corrected chi connectivity index (χ4v) is 5.17. The summed E-state index contributed by atoms with van der Waals surface area (Å²) in [6.07, 6.45) is 4.11. The van der Waals surface area contributed by atoms with E-state index in [0.29, 0.717) is 16.2 Å². The first-order valence-electron chi connectivity index (χ1n) is 9.93. The zero-order valence-electron chi connectivity index (χ0n) is 16.5. The third-order valence-electron chi connectivity index (χ3n) is 5.42. The normalized spacial score (nSPS) is 13.1. The van der Waals surface area contributed by atoms with Crippen LogP contribution in [0.3, 0.4) is 0 Å². The topological polar surface area (TPSA) is 83.1 Å². The van der Waals surface area contributed by atoms with E-state index >= 15 is 0 Å². The van der Waals surface area contributed by atoms with Gasteiger partial charge in [-0.2, -0.15) is 10.4 Å². The monoisotopic (exact) mass is 413 g/mol. The molecule has 1 N–H and O–H groups in total. The van der Waals surface area contributed by atoms with Crippen molar-refractivity contribution < 1.29 is 4.79 Å². The highest BCUT2D eigenvalue weighted by atomic mass is 32.1. The van der Waals surface area contributed by atoms with Gasteiger partial charge < -0.3 is 5.32 Å². The van der Waals surface area contributed by atoms with E-state index in [9.17, 15) is 10.1 Å². The van der Waals surface area contributed by atoms with E-state index in [2.05, 4.69) is 21.5 Å². The van der Waals surface area contributed by atoms with Crippen molar-refractivity contribution in [3.8, 4) is 17.3 Å². The van der Waals surface area contributed by atoms with Crippen LogP contribution >= 0.6 is 11.3 Å². The number of nitrogens with one attached hydrogen (secondary N) is 1. The van der Waals surface area contributed by atoms with Crippen LogP contribution in [0.5, 0.6) is 0 Å². The van der Waals surface area contributed by atoms with E-state index in [-0.39, 0.29) is 11.6 Å². The third-order valence-corrected chi connectivity index (χ3v) is 6.62. The number of anilines is 1. The first-order valence-corrected chi connectivity index (χ1v) is 10.7. The summed E-state index contributed by atoms with van der Waals surface area (Å²) < 4.78 is 1.67. The molecule has 0 aliphatic heterocycles. The number of carbonyl (C=O) groups is 1. The van der Waals surface area contributed by atoms with E-state index in [1.807, 2.05) is 43.3 Å². The molecule has 0 radical (unpaired) electrons. The number of hydrogen-bond donors (Lipinski definition) is 1. The number of amides is 1. The molecular formula is C23H19N5OS. The molecule has 0 fully saturated rings. The number of nitrogens with zero attached hydrogens (tertiary/aromatic N) is 4. The van der Waals surface area contributed by atoms with Crippen LogP contribution < -0.4 is 5.32 Å². The minimum Gasteiger partial charge on any atom is -0.311 e. The molecule has 0 saturated carbocycles. The molecule has 0 atom stereocenters. The van der Waals surface area contributed by atoms with Crippen molar-refractivity contribution in [2.24, 2.45) is 0 Å². The lowest BCUT2D eigenvalue weighted by Gasteiger charge is -2.09. The van der Waals surface area contributed by atoms with Crippen LogP contribution in [0.4, 0.5) is 5.00 Å². The number of aromatic nitrogens is 3. The van der Waals surface area contributed by atoms with Gasteiger partial charge in [0.25, 0.3) is 5.91 Å². The molecule has 148 valence electrons. The predicted molar refractivity (Wildman–Crippen MR) is 117 cm³/mol. The highest BCUT2D eigenvalue weighted by Gasteiger charge is 2.23. The molecule has 30 heavy (non-hydrogen) atoms. The molecule has 5 rings (SSSR count). The summed E-state index contributed by atoms with van der Waals surface area (Å²) in [4.78, 5) is 18.8. The number of benzene rings is 1. The number of fused-ring (bicyclic) bond motifs is 2. The molecule has 6 nitrogen and oxygen atoms in total. The Morgan fingerprint density at radius 1 is 1.20 bits per heavy atom. The maximum Gasteiger partial charge on any atom is 0.276 e. The molecule has 0 bridgehead atoms. The summed E-state index contributed by atoms with van der Waals surface area (Å²) in [6, 6.07) is 15.8. The Kier molecular flexibility index (Phi) is 4.57. The van der Waals surface area contributed by atoms with Crippen LogP contribution in [-0.2, 0) is 12.8 Å². The maximum absolute atomic E-state index is 12.9. The fraction of sp³-hybridized carbons (Fsp3) is 0.217. The van der Waals surface area contributed by atoms with Gasteiger partial charge in [0.1, 0.15) is 11.1 Å². The minimum absolute atomic E-state index is 0.283. The largest absolute Gasteiger partial charge is 0.311 e. The van der Waals surface area contributed by atoms with Gasteiger partial charge in [0.05, 0.1) is 11.3 Å². The van der Waals surface area contributed by atoms with Gasteiger partial charge in [-0.05, 0) is 44.2 Å². The molecule has 0 unspecified atom stereocenters. The number of thiophene rings is 1. The van der Waals surface area contributed by atoms with E-state index < -0.39 is 0 Å². The molecule has 3 aromatic heterocycles. The number of hydrogen-bond acceptors (Lipinski definition) is 5. The Morgan fingerprint density at radius 2 is 2.00 bits per heavy atom.